The number of hydrogen-bond acceptors (Lipinski definition) is 3. The second kappa shape index (κ2) is 6.40. The zero-order chi connectivity index (χ0) is 13.8. The Bertz CT molecular complexity index is 397. The van der Waals surface area contributed by atoms with Gasteiger partial charge in [0.15, 0.2) is 0 Å². The number of rotatable bonds is 5. The Morgan fingerprint density at radius 2 is 2.05 bits per heavy atom. The largest absolute Gasteiger partial charge is 0.492 e. The maximum absolute atomic E-state index is 9.59. The molecule has 1 fully saturated rings. The Balaban J connectivity index is 1.78. The van der Waals surface area contributed by atoms with Crippen LogP contribution >= 0.6 is 0 Å². The highest BCUT2D eigenvalue weighted by atomic mass is 16.5. The van der Waals surface area contributed by atoms with Crippen LogP contribution in [0.3, 0.4) is 0 Å². The average Bonchev–Trinajstić information content (AvgIpc) is 2.82. The molecule has 106 valence electrons. The van der Waals surface area contributed by atoms with E-state index in [1.165, 1.54) is 11.1 Å². The van der Waals surface area contributed by atoms with Crippen molar-refractivity contribution in [1.29, 1.82) is 0 Å². The van der Waals surface area contributed by atoms with E-state index in [2.05, 4.69) is 36.9 Å². The Labute approximate surface area is 116 Å². The van der Waals surface area contributed by atoms with Gasteiger partial charge in [0.2, 0.25) is 0 Å². The molecular weight excluding hydrogens is 238 g/mol. The van der Waals surface area contributed by atoms with Gasteiger partial charge in [-0.1, -0.05) is 18.2 Å². The molecule has 1 aliphatic heterocycles. The van der Waals surface area contributed by atoms with Crippen molar-refractivity contribution in [2.45, 2.75) is 33.3 Å². The lowest BCUT2D eigenvalue weighted by molar-refractivity contribution is 0.125. The fraction of sp³-hybridized carbons (Fsp3) is 0.625. The van der Waals surface area contributed by atoms with Crippen molar-refractivity contribution < 1.29 is 9.84 Å². The lowest BCUT2D eigenvalue weighted by Crippen LogP contribution is -2.28. The van der Waals surface area contributed by atoms with E-state index in [0.29, 0.717) is 5.92 Å². The van der Waals surface area contributed by atoms with E-state index in [1.54, 1.807) is 0 Å². The molecule has 3 heteroatoms. The number of aryl methyl sites for hydroxylation is 2. The first-order valence-electron chi connectivity index (χ1n) is 7.17. The molecule has 0 saturated carbocycles. The summed E-state index contributed by atoms with van der Waals surface area (Å²) in [6, 6.07) is 6.23. The van der Waals surface area contributed by atoms with E-state index < -0.39 is 0 Å². The topological polar surface area (TPSA) is 32.7 Å². The first kappa shape index (κ1) is 14.4. The Hall–Kier alpha value is -1.06. The standard InChI is InChI=1S/C16H25NO2/c1-12-5-4-6-13(2)16(12)19-10-9-17-8-7-15(11-17)14(3)18/h4-6,14-15,18H,7-11H2,1-3H3. The zero-order valence-corrected chi connectivity index (χ0v) is 12.2. The summed E-state index contributed by atoms with van der Waals surface area (Å²) >= 11 is 0. The smallest absolute Gasteiger partial charge is 0.125 e. The minimum Gasteiger partial charge on any atom is -0.492 e. The number of ether oxygens (including phenoxy) is 1. The van der Waals surface area contributed by atoms with Crippen LogP contribution in [0, 0.1) is 19.8 Å². The summed E-state index contributed by atoms with van der Waals surface area (Å²) in [6.07, 6.45) is 0.908. The summed E-state index contributed by atoms with van der Waals surface area (Å²) in [7, 11) is 0. The van der Waals surface area contributed by atoms with Gasteiger partial charge in [0, 0.05) is 13.1 Å². The molecule has 1 aromatic carbocycles. The number of para-hydroxylation sites is 1. The van der Waals surface area contributed by atoms with Crippen molar-refractivity contribution in [2.24, 2.45) is 5.92 Å². The van der Waals surface area contributed by atoms with Gasteiger partial charge >= 0.3 is 0 Å². The number of aliphatic hydroxyl groups is 1. The van der Waals surface area contributed by atoms with Crippen LogP contribution in [0.15, 0.2) is 18.2 Å². The summed E-state index contributed by atoms with van der Waals surface area (Å²) < 4.78 is 5.92. The molecule has 2 unspecified atom stereocenters. The van der Waals surface area contributed by atoms with Crippen molar-refractivity contribution in [1.82, 2.24) is 4.90 Å². The van der Waals surface area contributed by atoms with Gasteiger partial charge in [-0.2, -0.15) is 0 Å². The maximum Gasteiger partial charge on any atom is 0.125 e. The van der Waals surface area contributed by atoms with E-state index in [-0.39, 0.29) is 6.10 Å². The van der Waals surface area contributed by atoms with Crippen LogP contribution < -0.4 is 4.74 Å². The van der Waals surface area contributed by atoms with Crippen molar-refractivity contribution >= 4 is 0 Å². The monoisotopic (exact) mass is 263 g/mol. The van der Waals surface area contributed by atoms with Crippen LogP contribution in [0.25, 0.3) is 0 Å². The predicted octanol–water partition coefficient (Wildman–Crippen LogP) is 2.38. The van der Waals surface area contributed by atoms with Crippen molar-refractivity contribution in [2.75, 3.05) is 26.2 Å². The average molecular weight is 263 g/mol. The fourth-order valence-electron chi connectivity index (χ4n) is 2.76. The molecule has 3 nitrogen and oxygen atoms in total. The third-order valence-corrected chi connectivity index (χ3v) is 4.05. The van der Waals surface area contributed by atoms with Gasteiger partial charge in [-0.25, -0.2) is 0 Å². The second-order valence-electron chi connectivity index (χ2n) is 5.66. The zero-order valence-electron chi connectivity index (χ0n) is 12.2. The fourth-order valence-corrected chi connectivity index (χ4v) is 2.76. The molecule has 19 heavy (non-hydrogen) atoms. The lowest BCUT2D eigenvalue weighted by Gasteiger charge is -2.18. The highest BCUT2D eigenvalue weighted by molar-refractivity contribution is 5.39. The van der Waals surface area contributed by atoms with Crippen LogP contribution in [0.1, 0.15) is 24.5 Å². The molecule has 2 rings (SSSR count). The summed E-state index contributed by atoms with van der Waals surface area (Å²) in [5, 5.41) is 9.59. The minimum absolute atomic E-state index is 0.190. The first-order chi connectivity index (χ1) is 9.08. The molecule has 1 N–H and O–H groups in total. The number of hydrogen-bond donors (Lipinski definition) is 1. The van der Waals surface area contributed by atoms with Gasteiger partial charge in [0.1, 0.15) is 12.4 Å². The number of benzene rings is 1. The van der Waals surface area contributed by atoms with Crippen LogP contribution in [0.5, 0.6) is 5.75 Å². The Kier molecular flexibility index (Phi) is 4.83. The van der Waals surface area contributed by atoms with E-state index >= 15 is 0 Å². The van der Waals surface area contributed by atoms with Crippen molar-refractivity contribution in [3.05, 3.63) is 29.3 Å². The summed E-state index contributed by atoms with van der Waals surface area (Å²) in [5.41, 5.74) is 2.39. The first-order valence-corrected chi connectivity index (χ1v) is 7.17. The predicted molar refractivity (Wildman–Crippen MR) is 77.6 cm³/mol. The molecular formula is C16H25NO2. The van der Waals surface area contributed by atoms with Crippen molar-refractivity contribution in [3.8, 4) is 5.75 Å². The van der Waals surface area contributed by atoms with Crippen LogP contribution in [-0.2, 0) is 0 Å². The molecule has 2 atom stereocenters. The summed E-state index contributed by atoms with van der Waals surface area (Å²) in [5.74, 6) is 1.45. The molecule has 0 aliphatic carbocycles. The number of nitrogens with zero attached hydrogens (tertiary/aromatic N) is 1. The molecule has 0 radical (unpaired) electrons. The number of likely N-dealkylation sites (tertiary alicyclic amines) is 1. The van der Waals surface area contributed by atoms with Gasteiger partial charge < -0.3 is 9.84 Å². The minimum atomic E-state index is -0.190. The van der Waals surface area contributed by atoms with Gasteiger partial charge in [-0.05, 0) is 50.8 Å². The Morgan fingerprint density at radius 3 is 2.63 bits per heavy atom. The lowest BCUT2D eigenvalue weighted by atomic mass is 10.0. The van der Waals surface area contributed by atoms with E-state index in [4.69, 9.17) is 4.74 Å². The summed E-state index contributed by atoms with van der Waals surface area (Å²) in [4.78, 5) is 2.38. The second-order valence-corrected chi connectivity index (χ2v) is 5.66. The van der Waals surface area contributed by atoms with E-state index in [0.717, 1.165) is 38.4 Å². The molecule has 0 spiro atoms. The quantitative estimate of drug-likeness (QED) is 0.885. The molecule has 0 aromatic heterocycles. The highest BCUT2D eigenvalue weighted by Gasteiger charge is 2.25. The molecule has 1 aromatic rings. The van der Waals surface area contributed by atoms with Gasteiger partial charge in [0.05, 0.1) is 6.10 Å². The number of aliphatic hydroxyl groups excluding tert-OH is 1. The van der Waals surface area contributed by atoms with E-state index in [9.17, 15) is 5.11 Å². The van der Waals surface area contributed by atoms with Crippen LogP contribution in [0.4, 0.5) is 0 Å². The third kappa shape index (κ3) is 3.71. The third-order valence-electron chi connectivity index (χ3n) is 4.05. The van der Waals surface area contributed by atoms with Crippen molar-refractivity contribution in [3.63, 3.8) is 0 Å². The normalized spacial score (nSPS) is 21.6. The molecule has 1 heterocycles. The highest BCUT2D eigenvalue weighted by Crippen LogP contribution is 2.23. The molecule has 0 bridgehead atoms. The Morgan fingerprint density at radius 1 is 1.37 bits per heavy atom. The van der Waals surface area contributed by atoms with Crippen LogP contribution in [0.2, 0.25) is 0 Å². The van der Waals surface area contributed by atoms with Gasteiger partial charge in [0.25, 0.3) is 0 Å². The van der Waals surface area contributed by atoms with E-state index in [1.807, 2.05) is 6.92 Å². The SMILES string of the molecule is Cc1cccc(C)c1OCCN1CCC(C(C)O)C1. The van der Waals surface area contributed by atoms with Gasteiger partial charge in [-0.3, -0.25) is 4.90 Å². The van der Waals surface area contributed by atoms with Crippen LogP contribution in [-0.4, -0.2) is 42.4 Å². The van der Waals surface area contributed by atoms with Gasteiger partial charge in [-0.15, -0.1) is 0 Å². The molecule has 1 saturated heterocycles. The maximum atomic E-state index is 9.59. The molecule has 0 amide bonds. The summed E-state index contributed by atoms with van der Waals surface area (Å²) in [6.45, 7) is 9.79. The molecule has 1 aliphatic rings.